The number of rotatable bonds is 5. The number of nitrogens with zero attached hydrogens (tertiary/aromatic N) is 1. The Morgan fingerprint density at radius 2 is 2.24 bits per heavy atom. The van der Waals surface area contributed by atoms with E-state index < -0.39 is 0 Å². The second kappa shape index (κ2) is 6.20. The molecule has 21 heavy (non-hydrogen) atoms. The summed E-state index contributed by atoms with van der Waals surface area (Å²) in [6.07, 6.45) is 2.19. The summed E-state index contributed by atoms with van der Waals surface area (Å²) >= 11 is 5.14. The molecule has 0 radical (unpaired) electrons. The van der Waals surface area contributed by atoms with E-state index in [0.29, 0.717) is 23.9 Å². The maximum Gasteiger partial charge on any atom is 0.255 e. The molecule has 0 saturated heterocycles. The summed E-state index contributed by atoms with van der Waals surface area (Å²) in [6.45, 7) is 0.677. The molecule has 0 spiro atoms. The normalized spacial score (nSPS) is 14.0. The summed E-state index contributed by atoms with van der Waals surface area (Å²) in [4.78, 5) is 14.9. The van der Waals surface area contributed by atoms with Crippen LogP contribution in [-0.4, -0.2) is 24.0 Å². The topological polar surface area (TPSA) is 29.5 Å². The van der Waals surface area contributed by atoms with Crippen LogP contribution in [0.25, 0.3) is 0 Å². The summed E-state index contributed by atoms with van der Waals surface area (Å²) in [6, 6.07) is 7.96. The molecule has 110 valence electrons. The zero-order valence-corrected chi connectivity index (χ0v) is 14.1. The lowest BCUT2D eigenvalue weighted by atomic mass is 10.1. The van der Waals surface area contributed by atoms with Crippen molar-refractivity contribution in [3.8, 4) is 5.75 Å². The van der Waals surface area contributed by atoms with E-state index in [2.05, 4.69) is 27.4 Å². The third kappa shape index (κ3) is 3.30. The van der Waals surface area contributed by atoms with Crippen molar-refractivity contribution in [3.05, 3.63) is 50.6 Å². The standard InChI is InChI=1S/C16H16BrNO2S/c1-20-13-4-5-15(17)14(8-13)16(19)18(12-2-3-12)9-11-6-7-21-10-11/h4-8,10,12H,2-3,9H2,1H3. The molecule has 0 unspecified atom stereocenters. The molecule has 1 saturated carbocycles. The first-order valence-electron chi connectivity index (χ1n) is 6.84. The molecule has 0 atom stereocenters. The number of benzene rings is 1. The van der Waals surface area contributed by atoms with Gasteiger partial charge >= 0.3 is 0 Å². The summed E-state index contributed by atoms with van der Waals surface area (Å²) in [7, 11) is 1.61. The Balaban J connectivity index is 1.87. The van der Waals surface area contributed by atoms with Gasteiger partial charge in [0.15, 0.2) is 0 Å². The molecular weight excluding hydrogens is 350 g/mol. The van der Waals surface area contributed by atoms with Crippen LogP contribution in [0.2, 0.25) is 0 Å². The number of amides is 1. The molecule has 0 aliphatic heterocycles. The van der Waals surface area contributed by atoms with Crippen LogP contribution >= 0.6 is 27.3 Å². The molecular formula is C16H16BrNO2S. The molecule has 1 aliphatic carbocycles. The molecule has 1 amide bonds. The summed E-state index contributed by atoms with van der Waals surface area (Å²) in [5.41, 5.74) is 1.86. The highest BCUT2D eigenvalue weighted by atomic mass is 79.9. The highest BCUT2D eigenvalue weighted by molar-refractivity contribution is 9.10. The minimum Gasteiger partial charge on any atom is -0.497 e. The van der Waals surface area contributed by atoms with Crippen molar-refractivity contribution in [2.75, 3.05) is 7.11 Å². The number of hydrogen-bond donors (Lipinski definition) is 0. The average molecular weight is 366 g/mol. The van der Waals surface area contributed by atoms with Crippen molar-refractivity contribution < 1.29 is 9.53 Å². The van der Waals surface area contributed by atoms with Gasteiger partial charge in [-0.05, 0) is 69.4 Å². The van der Waals surface area contributed by atoms with Gasteiger partial charge in [-0.25, -0.2) is 0 Å². The largest absolute Gasteiger partial charge is 0.497 e. The van der Waals surface area contributed by atoms with E-state index in [-0.39, 0.29) is 5.91 Å². The second-order valence-electron chi connectivity index (χ2n) is 5.14. The van der Waals surface area contributed by atoms with Crippen molar-refractivity contribution in [2.45, 2.75) is 25.4 Å². The Kier molecular flexibility index (Phi) is 4.31. The van der Waals surface area contributed by atoms with E-state index in [1.54, 1.807) is 24.5 Å². The molecule has 3 nitrogen and oxygen atoms in total. The maximum atomic E-state index is 12.9. The molecule has 0 bridgehead atoms. The average Bonchev–Trinajstić information content (AvgIpc) is 3.21. The van der Waals surface area contributed by atoms with Gasteiger partial charge in [0.05, 0.1) is 12.7 Å². The maximum absolute atomic E-state index is 12.9. The van der Waals surface area contributed by atoms with Crippen LogP contribution < -0.4 is 4.74 Å². The Hall–Kier alpha value is -1.33. The first-order valence-corrected chi connectivity index (χ1v) is 8.58. The van der Waals surface area contributed by atoms with Crippen molar-refractivity contribution in [2.24, 2.45) is 0 Å². The van der Waals surface area contributed by atoms with Crippen molar-refractivity contribution in [3.63, 3.8) is 0 Å². The predicted octanol–water partition coefficient (Wildman–Crippen LogP) is 4.32. The fourth-order valence-corrected chi connectivity index (χ4v) is 3.36. The molecule has 2 aromatic rings. The van der Waals surface area contributed by atoms with E-state index in [4.69, 9.17) is 4.74 Å². The Bertz CT molecular complexity index is 638. The van der Waals surface area contributed by atoms with Crippen LogP contribution in [0.1, 0.15) is 28.8 Å². The van der Waals surface area contributed by atoms with Gasteiger partial charge in [0.2, 0.25) is 0 Å². The predicted molar refractivity (Wildman–Crippen MR) is 87.9 cm³/mol. The Morgan fingerprint density at radius 1 is 1.43 bits per heavy atom. The zero-order chi connectivity index (χ0) is 14.8. The number of carbonyl (C=O) groups is 1. The van der Waals surface area contributed by atoms with Gasteiger partial charge in [0.1, 0.15) is 5.75 Å². The van der Waals surface area contributed by atoms with Gasteiger partial charge in [0.25, 0.3) is 5.91 Å². The van der Waals surface area contributed by atoms with Crippen LogP contribution in [0.4, 0.5) is 0 Å². The van der Waals surface area contributed by atoms with E-state index in [1.807, 2.05) is 22.4 Å². The van der Waals surface area contributed by atoms with E-state index >= 15 is 0 Å². The van der Waals surface area contributed by atoms with E-state index in [0.717, 1.165) is 17.3 Å². The van der Waals surface area contributed by atoms with Gasteiger partial charge in [-0.1, -0.05) is 0 Å². The van der Waals surface area contributed by atoms with Crippen LogP contribution in [0, 0.1) is 0 Å². The van der Waals surface area contributed by atoms with Crippen LogP contribution in [-0.2, 0) is 6.54 Å². The quantitative estimate of drug-likeness (QED) is 0.789. The number of carbonyl (C=O) groups excluding carboxylic acids is 1. The van der Waals surface area contributed by atoms with Crippen LogP contribution in [0.3, 0.4) is 0 Å². The van der Waals surface area contributed by atoms with Crippen LogP contribution in [0.5, 0.6) is 5.75 Å². The number of halogens is 1. The minimum absolute atomic E-state index is 0.0643. The smallest absolute Gasteiger partial charge is 0.255 e. The van der Waals surface area contributed by atoms with E-state index in [9.17, 15) is 4.79 Å². The molecule has 1 aromatic carbocycles. The highest BCUT2D eigenvalue weighted by Crippen LogP contribution is 2.32. The SMILES string of the molecule is COc1ccc(Br)c(C(=O)N(Cc2ccsc2)C2CC2)c1. The minimum atomic E-state index is 0.0643. The zero-order valence-electron chi connectivity index (χ0n) is 11.7. The summed E-state index contributed by atoms with van der Waals surface area (Å²) in [5.74, 6) is 0.766. The van der Waals surface area contributed by atoms with Crippen molar-refractivity contribution in [1.82, 2.24) is 4.90 Å². The van der Waals surface area contributed by atoms with Gasteiger partial charge in [-0.2, -0.15) is 11.3 Å². The monoisotopic (exact) mass is 365 g/mol. The van der Waals surface area contributed by atoms with Gasteiger partial charge in [0, 0.05) is 17.1 Å². The number of thiophene rings is 1. The van der Waals surface area contributed by atoms with Gasteiger partial charge in [-0.15, -0.1) is 0 Å². The van der Waals surface area contributed by atoms with Crippen LogP contribution in [0.15, 0.2) is 39.5 Å². The number of hydrogen-bond acceptors (Lipinski definition) is 3. The third-order valence-electron chi connectivity index (χ3n) is 3.59. The van der Waals surface area contributed by atoms with Crippen molar-refractivity contribution in [1.29, 1.82) is 0 Å². The first kappa shape index (κ1) is 14.6. The Labute approximate surface area is 136 Å². The fourth-order valence-electron chi connectivity index (χ4n) is 2.28. The van der Waals surface area contributed by atoms with E-state index in [1.165, 1.54) is 5.56 Å². The lowest BCUT2D eigenvalue weighted by Crippen LogP contribution is -2.32. The molecule has 1 aliphatic rings. The molecule has 0 N–H and O–H groups in total. The molecule has 1 heterocycles. The molecule has 5 heteroatoms. The summed E-state index contributed by atoms with van der Waals surface area (Å²) < 4.78 is 6.04. The lowest BCUT2D eigenvalue weighted by Gasteiger charge is -2.23. The Morgan fingerprint density at radius 3 is 2.86 bits per heavy atom. The lowest BCUT2D eigenvalue weighted by molar-refractivity contribution is 0.0729. The molecule has 1 fully saturated rings. The summed E-state index contributed by atoms with van der Waals surface area (Å²) in [5, 5.41) is 4.15. The third-order valence-corrected chi connectivity index (χ3v) is 5.01. The first-order chi connectivity index (χ1) is 10.2. The van der Waals surface area contributed by atoms with Gasteiger partial charge in [-0.3, -0.25) is 4.79 Å². The molecule has 3 rings (SSSR count). The molecule has 1 aromatic heterocycles. The van der Waals surface area contributed by atoms with Gasteiger partial charge < -0.3 is 9.64 Å². The van der Waals surface area contributed by atoms with Crippen molar-refractivity contribution >= 4 is 33.2 Å². The second-order valence-corrected chi connectivity index (χ2v) is 6.78. The number of ether oxygens (including phenoxy) is 1. The number of methoxy groups -OCH3 is 1. The highest BCUT2D eigenvalue weighted by Gasteiger charge is 2.33. The fraction of sp³-hybridized carbons (Fsp3) is 0.312.